The minimum atomic E-state index is 0.431. The average molecular weight is 127 g/mol. The summed E-state index contributed by atoms with van der Waals surface area (Å²) in [6.07, 6.45) is 1.72. The summed E-state index contributed by atoms with van der Waals surface area (Å²) in [7, 11) is 3.35. The van der Waals surface area contributed by atoms with Gasteiger partial charge in [0, 0.05) is 7.05 Å². The van der Waals surface area contributed by atoms with E-state index < -0.39 is 0 Å². The van der Waals surface area contributed by atoms with E-state index in [0.29, 0.717) is 11.6 Å². The van der Waals surface area contributed by atoms with Gasteiger partial charge in [-0.15, -0.1) is 0 Å². The molecular weight excluding hydrogens is 118 g/mol. The number of ether oxygens (including phenoxy) is 1. The fraction of sp³-hybridized carbons (Fsp3) is 0.400. The maximum atomic E-state index is 5.39. The molecule has 0 fully saturated rings. The first-order valence-electron chi connectivity index (χ1n) is 2.57. The molecule has 0 spiro atoms. The van der Waals surface area contributed by atoms with Gasteiger partial charge in [0.05, 0.1) is 13.3 Å². The van der Waals surface area contributed by atoms with Gasteiger partial charge in [0.1, 0.15) is 0 Å². The minimum Gasteiger partial charge on any atom is -0.491 e. The van der Waals surface area contributed by atoms with Gasteiger partial charge >= 0.3 is 0 Å². The molecule has 0 atom stereocenters. The molecule has 2 N–H and O–H groups in total. The third-order valence-corrected chi connectivity index (χ3v) is 1.04. The molecule has 1 aromatic rings. The minimum absolute atomic E-state index is 0.431. The van der Waals surface area contributed by atoms with E-state index in [1.54, 1.807) is 25.0 Å². The lowest BCUT2D eigenvalue weighted by molar-refractivity contribution is 0.416. The molecule has 0 radical (unpaired) electrons. The molecule has 0 aliphatic carbocycles. The molecule has 4 heteroatoms. The smallest absolute Gasteiger partial charge is 0.187 e. The predicted molar refractivity (Wildman–Crippen MR) is 34.2 cm³/mol. The molecule has 1 heterocycles. The Kier molecular flexibility index (Phi) is 1.30. The summed E-state index contributed by atoms with van der Waals surface area (Å²) in [5, 5.41) is 3.85. The van der Waals surface area contributed by atoms with Crippen LogP contribution < -0.4 is 10.5 Å². The van der Waals surface area contributed by atoms with Crippen molar-refractivity contribution in [3.8, 4) is 5.75 Å². The zero-order valence-electron chi connectivity index (χ0n) is 5.46. The first-order valence-corrected chi connectivity index (χ1v) is 2.57. The molecule has 1 rings (SSSR count). The molecule has 9 heavy (non-hydrogen) atoms. The van der Waals surface area contributed by atoms with Crippen LogP contribution in [0.3, 0.4) is 0 Å². The van der Waals surface area contributed by atoms with Gasteiger partial charge in [-0.05, 0) is 0 Å². The fourth-order valence-corrected chi connectivity index (χ4v) is 0.641. The largest absolute Gasteiger partial charge is 0.491 e. The molecule has 0 amide bonds. The number of aryl methyl sites for hydroxylation is 1. The van der Waals surface area contributed by atoms with Crippen molar-refractivity contribution in [3.63, 3.8) is 0 Å². The van der Waals surface area contributed by atoms with Crippen LogP contribution in [-0.4, -0.2) is 16.9 Å². The van der Waals surface area contributed by atoms with Crippen molar-refractivity contribution in [2.45, 2.75) is 0 Å². The van der Waals surface area contributed by atoms with Crippen LogP contribution in [-0.2, 0) is 7.05 Å². The number of nitrogens with zero attached hydrogens (tertiary/aromatic N) is 2. The van der Waals surface area contributed by atoms with Crippen molar-refractivity contribution in [2.24, 2.45) is 7.05 Å². The molecule has 0 aliphatic heterocycles. The van der Waals surface area contributed by atoms with Crippen molar-refractivity contribution in [1.82, 2.24) is 9.78 Å². The molecule has 0 bridgehead atoms. The standard InChI is InChI=1S/C5H9N3O/c1-8-3-4(9-2)5(6)7-8/h3H,1-2H3,(H2,6,7). The van der Waals surface area contributed by atoms with E-state index in [1.165, 1.54) is 0 Å². The van der Waals surface area contributed by atoms with Crippen LogP contribution >= 0.6 is 0 Å². The highest BCUT2D eigenvalue weighted by Gasteiger charge is 2.00. The van der Waals surface area contributed by atoms with Gasteiger partial charge in [0.15, 0.2) is 11.6 Å². The zero-order valence-corrected chi connectivity index (χ0v) is 5.46. The van der Waals surface area contributed by atoms with Crippen LogP contribution in [0.2, 0.25) is 0 Å². The number of hydrogen-bond donors (Lipinski definition) is 1. The Hall–Kier alpha value is -1.19. The lowest BCUT2D eigenvalue weighted by Crippen LogP contribution is -1.91. The number of aromatic nitrogens is 2. The lowest BCUT2D eigenvalue weighted by Gasteiger charge is -1.90. The molecule has 0 aromatic carbocycles. The van der Waals surface area contributed by atoms with Crippen molar-refractivity contribution in [1.29, 1.82) is 0 Å². The third-order valence-electron chi connectivity index (χ3n) is 1.04. The Morgan fingerprint density at radius 2 is 2.44 bits per heavy atom. The summed E-state index contributed by atoms with van der Waals surface area (Å²) in [5.41, 5.74) is 5.39. The molecule has 0 saturated heterocycles. The topological polar surface area (TPSA) is 53.1 Å². The van der Waals surface area contributed by atoms with Crippen LogP contribution in [0.25, 0.3) is 0 Å². The number of methoxy groups -OCH3 is 1. The Morgan fingerprint density at radius 3 is 2.67 bits per heavy atom. The second-order valence-electron chi connectivity index (χ2n) is 1.76. The number of nitrogens with two attached hydrogens (primary N) is 1. The molecular formula is C5H9N3O. The van der Waals surface area contributed by atoms with Crippen LogP contribution in [0.1, 0.15) is 0 Å². The molecule has 0 unspecified atom stereocenters. The van der Waals surface area contributed by atoms with Gasteiger partial charge in [-0.1, -0.05) is 0 Å². The Labute approximate surface area is 53.2 Å². The zero-order chi connectivity index (χ0) is 6.85. The third kappa shape index (κ3) is 0.960. The summed E-state index contributed by atoms with van der Waals surface area (Å²) < 4.78 is 6.46. The SMILES string of the molecule is COc1cn(C)nc1N. The molecule has 4 nitrogen and oxygen atoms in total. The highest BCUT2D eigenvalue weighted by molar-refractivity contribution is 5.43. The highest BCUT2D eigenvalue weighted by atomic mass is 16.5. The molecule has 1 aromatic heterocycles. The van der Waals surface area contributed by atoms with Crippen LogP contribution in [0, 0.1) is 0 Å². The van der Waals surface area contributed by atoms with Crippen LogP contribution in [0.15, 0.2) is 6.20 Å². The van der Waals surface area contributed by atoms with Gasteiger partial charge in [-0.25, -0.2) is 0 Å². The van der Waals surface area contributed by atoms with E-state index >= 15 is 0 Å². The summed E-state index contributed by atoms with van der Waals surface area (Å²) in [5.74, 6) is 1.05. The van der Waals surface area contributed by atoms with E-state index in [0.717, 1.165) is 0 Å². The fourth-order valence-electron chi connectivity index (χ4n) is 0.641. The van der Waals surface area contributed by atoms with Crippen molar-refractivity contribution < 1.29 is 4.74 Å². The van der Waals surface area contributed by atoms with Gasteiger partial charge in [-0.2, -0.15) is 5.10 Å². The lowest BCUT2D eigenvalue weighted by atomic mass is 10.6. The number of rotatable bonds is 1. The van der Waals surface area contributed by atoms with Crippen LogP contribution in [0.4, 0.5) is 5.82 Å². The second kappa shape index (κ2) is 1.97. The number of hydrogen-bond acceptors (Lipinski definition) is 3. The van der Waals surface area contributed by atoms with Crippen LogP contribution in [0.5, 0.6) is 5.75 Å². The Balaban J connectivity index is 3.01. The summed E-state index contributed by atoms with van der Waals surface area (Å²) >= 11 is 0. The average Bonchev–Trinajstić information content (AvgIpc) is 2.10. The molecule has 0 saturated carbocycles. The van der Waals surface area contributed by atoms with Crippen molar-refractivity contribution in [2.75, 3.05) is 12.8 Å². The quantitative estimate of drug-likeness (QED) is 0.578. The maximum Gasteiger partial charge on any atom is 0.187 e. The summed E-state index contributed by atoms with van der Waals surface area (Å²) in [6.45, 7) is 0. The van der Waals surface area contributed by atoms with E-state index in [9.17, 15) is 0 Å². The Morgan fingerprint density at radius 1 is 1.78 bits per heavy atom. The van der Waals surface area contributed by atoms with Crippen molar-refractivity contribution >= 4 is 5.82 Å². The number of anilines is 1. The Bertz CT molecular complexity index is 206. The highest BCUT2D eigenvalue weighted by Crippen LogP contribution is 2.16. The monoisotopic (exact) mass is 127 g/mol. The first-order chi connectivity index (χ1) is 4.24. The maximum absolute atomic E-state index is 5.39. The predicted octanol–water partition coefficient (Wildman–Crippen LogP) is 0.0109. The summed E-state index contributed by atoms with van der Waals surface area (Å²) in [4.78, 5) is 0. The molecule has 0 aliphatic rings. The number of nitrogen functional groups attached to an aromatic ring is 1. The first kappa shape index (κ1) is 5.94. The van der Waals surface area contributed by atoms with Gasteiger partial charge in [0.25, 0.3) is 0 Å². The van der Waals surface area contributed by atoms with E-state index in [2.05, 4.69) is 5.10 Å². The second-order valence-corrected chi connectivity index (χ2v) is 1.76. The van der Waals surface area contributed by atoms with Crippen molar-refractivity contribution in [3.05, 3.63) is 6.20 Å². The van der Waals surface area contributed by atoms with E-state index in [4.69, 9.17) is 10.5 Å². The summed E-state index contributed by atoms with van der Waals surface area (Å²) in [6, 6.07) is 0. The molecule has 50 valence electrons. The van der Waals surface area contributed by atoms with Gasteiger partial charge < -0.3 is 10.5 Å². The van der Waals surface area contributed by atoms with Gasteiger partial charge in [0.2, 0.25) is 0 Å². The van der Waals surface area contributed by atoms with E-state index in [-0.39, 0.29) is 0 Å². The normalized spacial score (nSPS) is 9.56. The van der Waals surface area contributed by atoms with Gasteiger partial charge in [-0.3, -0.25) is 4.68 Å². The van der Waals surface area contributed by atoms with E-state index in [1.807, 2.05) is 0 Å².